The number of aryl methyl sites for hydroxylation is 2. The van der Waals surface area contributed by atoms with Crippen molar-refractivity contribution in [3.8, 4) is 17.2 Å². The maximum atomic E-state index is 14.4. The SMILES string of the molecule is CCNc1cc2c(cc1C)C1(c3cc(C)c(NCC)cc3O2)c2ccccc2C(=O)N1/N=C/c1ccc2cccc(O)c2n1. The molecule has 0 saturated heterocycles. The highest BCUT2D eigenvalue weighted by molar-refractivity contribution is 6.03. The molecule has 1 spiro atoms. The molecule has 0 radical (unpaired) electrons. The third-order valence-electron chi connectivity index (χ3n) is 8.47. The molecule has 0 aliphatic carbocycles. The van der Waals surface area contributed by atoms with Crippen molar-refractivity contribution >= 4 is 34.4 Å². The number of anilines is 2. The highest BCUT2D eigenvalue weighted by Gasteiger charge is 2.57. The Bertz CT molecular complexity index is 1940. The third kappa shape index (κ3) is 4.01. The van der Waals surface area contributed by atoms with Crippen LogP contribution >= 0.6 is 0 Å². The summed E-state index contributed by atoms with van der Waals surface area (Å²) in [6.45, 7) is 9.76. The van der Waals surface area contributed by atoms with Gasteiger partial charge in [-0.15, -0.1) is 0 Å². The molecule has 4 aromatic carbocycles. The van der Waals surface area contributed by atoms with E-state index in [4.69, 9.17) is 9.84 Å². The number of phenolic OH excluding ortho intramolecular Hbond substituents is 1. The van der Waals surface area contributed by atoms with Crippen LogP contribution < -0.4 is 15.4 Å². The number of pyridine rings is 1. The molecule has 0 unspecified atom stereocenters. The second-order valence-corrected chi connectivity index (χ2v) is 11.2. The summed E-state index contributed by atoms with van der Waals surface area (Å²) in [5.41, 5.74) is 6.97. The fourth-order valence-corrected chi connectivity index (χ4v) is 6.49. The fraction of sp³-hybridized carbons (Fsp3) is 0.194. The Morgan fingerprint density at radius 3 is 2.18 bits per heavy atom. The molecule has 0 saturated carbocycles. The first kappa shape index (κ1) is 27.5. The Morgan fingerprint density at radius 1 is 0.864 bits per heavy atom. The predicted octanol–water partition coefficient (Wildman–Crippen LogP) is 7.31. The van der Waals surface area contributed by atoms with Crippen LogP contribution in [0.4, 0.5) is 11.4 Å². The smallest absolute Gasteiger partial charge is 0.275 e. The van der Waals surface area contributed by atoms with E-state index in [-0.39, 0.29) is 11.7 Å². The first-order valence-corrected chi connectivity index (χ1v) is 14.9. The molecule has 2 aliphatic heterocycles. The molecule has 220 valence electrons. The highest BCUT2D eigenvalue weighted by Crippen LogP contribution is 2.59. The zero-order chi connectivity index (χ0) is 30.6. The Balaban J connectivity index is 1.51. The molecular formula is C36H33N5O3. The summed E-state index contributed by atoms with van der Waals surface area (Å²) in [5.74, 6) is 1.18. The third-order valence-corrected chi connectivity index (χ3v) is 8.47. The second kappa shape index (κ2) is 10.4. The standard InChI is InChI=1S/C36H33N5O3/c1-5-37-29-18-32-27(16-21(29)3)36(28-17-22(4)30(38-6-2)19-33(28)44-32)26-12-8-7-11-25(26)35(43)41(36)39-20-24-15-14-23-10-9-13-31(42)34(23)40-24/h7-20,37-38,42H,5-6H2,1-4H3/b39-20+. The van der Waals surface area contributed by atoms with E-state index in [1.807, 2.05) is 54.6 Å². The summed E-state index contributed by atoms with van der Waals surface area (Å²) in [6.07, 6.45) is 1.59. The van der Waals surface area contributed by atoms with E-state index in [1.54, 1.807) is 23.4 Å². The van der Waals surface area contributed by atoms with E-state index in [2.05, 4.69) is 55.4 Å². The van der Waals surface area contributed by atoms with Gasteiger partial charge in [0.05, 0.1) is 11.9 Å². The normalized spacial score (nSPS) is 14.5. The van der Waals surface area contributed by atoms with Crippen LogP contribution in [0.25, 0.3) is 10.9 Å². The minimum Gasteiger partial charge on any atom is -0.506 e. The Labute approximate surface area is 256 Å². The summed E-state index contributed by atoms with van der Waals surface area (Å²) in [5, 5.41) is 24.6. The summed E-state index contributed by atoms with van der Waals surface area (Å²) in [7, 11) is 0. The van der Waals surface area contributed by atoms with Gasteiger partial charge < -0.3 is 20.5 Å². The molecule has 44 heavy (non-hydrogen) atoms. The molecule has 2 aliphatic rings. The number of benzene rings is 4. The number of hydrogen-bond acceptors (Lipinski definition) is 7. The summed E-state index contributed by atoms with van der Waals surface area (Å²) >= 11 is 0. The van der Waals surface area contributed by atoms with Gasteiger partial charge in [0.15, 0.2) is 0 Å². The van der Waals surface area contributed by atoms with E-state index in [0.717, 1.165) is 57.7 Å². The van der Waals surface area contributed by atoms with Crippen molar-refractivity contribution in [2.45, 2.75) is 33.2 Å². The number of nitrogens with one attached hydrogen (secondary N) is 2. The van der Waals surface area contributed by atoms with E-state index in [1.165, 1.54) is 0 Å². The number of aromatic nitrogens is 1. The van der Waals surface area contributed by atoms with Crippen molar-refractivity contribution in [3.05, 3.63) is 118 Å². The number of rotatable bonds is 6. The van der Waals surface area contributed by atoms with Gasteiger partial charge in [0.25, 0.3) is 5.91 Å². The number of aromatic hydroxyl groups is 1. The van der Waals surface area contributed by atoms with Gasteiger partial charge in [-0.25, -0.2) is 9.99 Å². The first-order valence-electron chi connectivity index (χ1n) is 14.9. The zero-order valence-electron chi connectivity index (χ0n) is 25.1. The first-order chi connectivity index (χ1) is 21.4. The number of para-hydroxylation sites is 1. The van der Waals surface area contributed by atoms with Gasteiger partial charge in [0.2, 0.25) is 0 Å². The summed E-state index contributed by atoms with van der Waals surface area (Å²) in [4.78, 5) is 19.0. The minimum atomic E-state index is -1.10. The highest BCUT2D eigenvalue weighted by atomic mass is 16.5. The molecule has 3 N–H and O–H groups in total. The quantitative estimate of drug-likeness (QED) is 0.181. The largest absolute Gasteiger partial charge is 0.506 e. The number of nitrogens with zero attached hydrogens (tertiary/aromatic N) is 3. The minimum absolute atomic E-state index is 0.0881. The number of amides is 1. The monoisotopic (exact) mass is 583 g/mol. The van der Waals surface area contributed by atoms with Gasteiger partial charge in [-0.2, -0.15) is 5.10 Å². The van der Waals surface area contributed by atoms with Gasteiger partial charge in [0.1, 0.15) is 28.3 Å². The second-order valence-electron chi connectivity index (χ2n) is 11.2. The molecule has 5 aromatic rings. The Hall–Kier alpha value is -5.37. The number of fused-ring (bicyclic) bond motifs is 7. The molecule has 7 rings (SSSR count). The average molecular weight is 584 g/mol. The molecule has 0 atom stereocenters. The van der Waals surface area contributed by atoms with Crippen molar-refractivity contribution < 1.29 is 14.6 Å². The molecule has 1 amide bonds. The lowest BCUT2D eigenvalue weighted by atomic mass is 9.74. The summed E-state index contributed by atoms with van der Waals surface area (Å²) < 4.78 is 6.66. The lowest BCUT2D eigenvalue weighted by Crippen LogP contribution is -2.44. The zero-order valence-corrected chi connectivity index (χ0v) is 25.1. The van der Waals surface area contributed by atoms with Crippen molar-refractivity contribution in [2.24, 2.45) is 5.10 Å². The average Bonchev–Trinajstić information content (AvgIpc) is 3.26. The number of carbonyl (C=O) groups is 1. The Kier molecular flexibility index (Phi) is 6.50. The maximum absolute atomic E-state index is 14.4. The Morgan fingerprint density at radius 2 is 1.52 bits per heavy atom. The van der Waals surface area contributed by atoms with Crippen LogP contribution in [0.2, 0.25) is 0 Å². The van der Waals surface area contributed by atoms with Gasteiger partial charge in [-0.05, 0) is 69.2 Å². The van der Waals surface area contributed by atoms with Crippen LogP contribution in [0, 0.1) is 13.8 Å². The lowest BCUT2D eigenvalue weighted by molar-refractivity contribution is 0.0675. The maximum Gasteiger partial charge on any atom is 0.275 e. The van der Waals surface area contributed by atoms with E-state index in [9.17, 15) is 9.90 Å². The van der Waals surface area contributed by atoms with Gasteiger partial charge in [-0.1, -0.05) is 36.4 Å². The van der Waals surface area contributed by atoms with Crippen LogP contribution in [0.3, 0.4) is 0 Å². The number of ether oxygens (including phenoxy) is 1. The number of hydrazone groups is 1. The van der Waals surface area contributed by atoms with Crippen LogP contribution in [-0.4, -0.2) is 40.3 Å². The number of phenols is 1. The van der Waals surface area contributed by atoms with Gasteiger partial charge in [-0.3, -0.25) is 4.79 Å². The van der Waals surface area contributed by atoms with E-state index < -0.39 is 5.54 Å². The van der Waals surface area contributed by atoms with Crippen molar-refractivity contribution in [1.82, 2.24) is 9.99 Å². The summed E-state index contributed by atoms with van der Waals surface area (Å²) in [6, 6.07) is 25.0. The molecule has 8 heteroatoms. The fourth-order valence-electron chi connectivity index (χ4n) is 6.49. The van der Waals surface area contributed by atoms with Crippen molar-refractivity contribution in [1.29, 1.82) is 0 Å². The van der Waals surface area contributed by atoms with Crippen LogP contribution in [0.15, 0.2) is 84.0 Å². The number of carbonyl (C=O) groups excluding carboxylic acids is 1. The van der Waals surface area contributed by atoms with Gasteiger partial charge in [0, 0.05) is 64.2 Å². The predicted molar refractivity (Wildman–Crippen MR) is 174 cm³/mol. The van der Waals surface area contributed by atoms with Gasteiger partial charge >= 0.3 is 0 Å². The van der Waals surface area contributed by atoms with Crippen LogP contribution in [0.1, 0.15) is 57.7 Å². The van der Waals surface area contributed by atoms with Crippen molar-refractivity contribution in [2.75, 3.05) is 23.7 Å². The molecule has 0 fully saturated rings. The molecule has 0 bridgehead atoms. The molecule has 8 nitrogen and oxygen atoms in total. The van der Waals surface area contributed by atoms with Crippen LogP contribution in [0.5, 0.6) is 17.2 Å². The van der Waals surface area contributed by atoms with Crippen molar-refractivity contribution in [3.63, 3.8) is 0 Å². The molecular weight excluding hydrogens is 550 g/mol. The lowest BCUT2D eigenvalue weighted by Gasteiger charge is -2.42. The number of hydrogen-bond donors (Lipinski definition) is 3. The molecule has 1 aromatic heterocycles. The topological polar surface area (TPSA) is 99.1 Å². The molecule has 3 heterocycles. The van der Waals surface area contributed by atoms with E-state index in [0.29, 0.717) is 28.3 Å². The van der Waals surface area contributed by atoms with E-state index >= 15 is 0 Å². The van der Waals surface area contributed by atoms with Crippen LogP contribution in [-0.2, 0) is 5.54 Å².